The van der Waals surface area contributed by atoms with E-state index in [1.165, 1.54) is 4.68 Å². The molecule has 48 heavy (non-hydrogen) atoms. The van der Waals surface area contributed by atoms with Crippen molar-refractivity contribution in [3.05, 3.63) is 11.3 Å². The zero-order valence-corrected chi connectivity index (χ0v) is 28.0. The van der Waals surface area contributed by atoms with Crippen molar-refractivity contribution in [2.24, 2.45) is 7.05 Å². The summed E-state index contributed by atoms with van der Waals surface area (Å²) in [6.45, 7) is 4.08. The largest absolute Gasteiger partial charge is 0.477 e. The zero-order chi connectivity index (χ0) is 35.9. The molecule has 1 fully saturated rings. The van der Waals surface area contributed by atoms with Gasteiger partial charge >= 0.3 is 35.8 Å². The second kappa shape index (κ2) is 16.4. The standard InChI is InChI=1S/C26H32N6O14S2/c1-10(33)42-7-16(43-11(2)34)19(44-12(3)35)20(45-13(4)36)21(46-14(5)37)22(38)27-17-23(39)32-18(25(40)41)15(8-47-24(17)32)9-48-26-28-29-30-31(26)6/h16-17,19-21,24H,7-9H2,1-6H3,(H,27,38)(H,40,41)/t16-,17?,19-,20+,21-,24?/m1/s1. The first-order valence-corrected chi connectivity index (χ1v) is 15.9. The highest BCUT2D eigenvalue weighted by atomic mass is 32.2. The first kappa shape index (κ1) is 37.7. The summed E-state index contributed by atoms with van der Waals surface area (Å²) < 4.78 is 27.2. The third-order valence-corrected chi connectivity index (χ3v) is 8.85. The number of carboxylic acid groups (broad SMARTS) is 1. The molecule has 20 nitrogen and oxygen atoms in total. The molecule has 6 atom stereocenters. The predicted octanol–water partition coefficient (Wildman–Crippen LogP) is -1.67. The Morgan fingerprint density at radius 1 is 0.938 bits per heavy atom. The van der Waals surface area contributed by atoms with Crippen molar-refractivity contribution < 1.29 is 67.1 Å². The number of nitrogens with zero attached hydrogens (tertiary/aromatic N) is 5. The fraction of sp³-hybridized carbons (Fsp3) is 0.577. The molecule has 1 saturated heterocycles. The Bertz CT molecular complexity index is 1510. The number of esters is 5. The molecule has 3 rings (SSSR count). The molecule has 0 spiro atoms. The van der Waals surface area contributed by atoms with Crippen molar-refractivity contribution in [3.63, 3.8) is 0 Å². The summed E-state index contributed by atoms with van der Waals surface area (Å²) in [4.78, 5) is 100. The lowest BCUT2D eigenvalue weighted by Gasteiger charge is -2.49. The number of rotatable bonds is 15. The summed E-state index contributed by atoms with van der Waals surface area (Å²) in [7, 11) is 1.60. The number of amides is 2. The number of aromatic nitrogens is 4. The van der Waals surface area contributed by atoms with Gasteiger partial charge in [0.15, 0.2) is 18.3 Å². The molecule has 0 radical (unpaired) electrons. The average molecular weight is 717 g/mol. The quantitative estimate of drug-likeness (QED) is 0.0889. The average Bonchev–Trinajstić information content (AvgIpc) is 3.40. The molecule has 1 aromatic rings. The van der Waals surface area contributed by atoms with E-state index in [1.54, 1.807) is 7.05 Å². The topological polar surface area (TPSA) is 262 Å². The van der Waals surface area contributed by atoms with Gasteiger partial charge in [0.2, 0.25) is 11.3 Å². The van der Waals surface area contributed by atoms with E-state index in [0.29, 0.717) is 10.7 Å². The number of nitrogens with one attached hydrogen (secondary N) is 1. The minimum Gasteiger partial charge on any atom is -0.477 e. The number of β-lactam (4-membered cyclic amide) rings is 1. The van der Waals surface area contributed by atoms with E-state index in [0.717, 1.165) is 63.0 Å². The van der Waals surface area contributed by atoms with Gasteiger partial charge in [-0.1, -0.05) is 11.8 Å². The van der Waals surface area contributed by atoms with Crippen molar-refractivity contribution in [2.45, 2.75) is 75.6 Å². The lowest BCUT2D eigenvalue weighted by molar-refractivity contribution is -0.203. The van der Waals surface area contributed by atoms with Crippen LogP contribution in [0, 0.1) is 0 Å². The second-order valence-corrected chi connectivity index (χ2v) is 12.2. The van der Waals surface area contributed by atoms with Gasteiger partial charge in [0, 0.05) is 53.2 Å². The highest BCUT2D eigenvalue weighted by molar-refractivity contribution is 8.01. The molecular formula is C26H32N6O14S2. The van der Waals surface area contributed by atoms with Crippen LogP contribution in [0.4, 0.5) is 0 Å². The molecule has 0 aliphatic carbocycles. The lowest BCUT2D eigenvalue weighted by atomic mass is 9.99. The van der Waals surface area contributed by atoms with Crippen molar-refractivity contribution in [1.29, 1.82) is 0 Å². The molecule has 262 valence electrons. The van der Waals surface area contributed by atoms with Crippen LogP contribution in [-0.2, 0) is 69.1 Å². The number of aliphatic carboxylic acids is 1. The Morgan fingerprint density at radius 2 is 1.54 bits per heavy atom. The van der Waals surface area contributed by atoms with Crippen LogP contribution in [0.3, 0.4) is 0 Å². The molecule has 2 aliphatic rings. The van der Waals surface area contributed by atoms with Crippen LogP contribution in [0.15, 0.2) is 16.4 Å². The number of carbonyl (C=O) groups is 8. The summed E-state index contributed by atoms with van der Waals surface area (Å²) in [6.07, 6.45) is -7.68. The summed E-state index contributed by atoms with van der Waals surface area (Å²) in [5, 5.41) is 23.0. The van der Waals surface area contributed by atoms with Gasteiger partial charge in [-0.2, -0.15) is 0 Å². The van der Waals surface area contributed by atoms with Crippen LogP contribution in [0.2, 0.25) is 0 Å². The zero-order valence-electron chi connectivity index (χ0n) is 26.4. The first-order chi connectivity index (χ1) is 22.5. The van der Waals surface area contributed by atoms with Gasteiger partial charge in [-0.25, -0.2) is 9.48 Å². The van der Waals surface area contributed by atoms with Gasteiger partial charge in [-0.05, 0) is 16.0 Å². The Labute approximate surface area is 280 Å². The SMILES string of the molecule is CC(=O)OC[C@@H](OC(C)=O)[C@@H](OC(C)=O)[C@H](OC(C)=O)[C@@H](OC(C)=O)C(=O)NC1C(=O)N2C(C(=O)O)=C(CSc3nnnn3C)CSC12. The van der Waals surface area contributed by atoms with Crippen LogP contribution < -0.4 is 5.32 Å². The molecule has 1 aromatic heterocycles. The molecule has 2 unspecified atom stereocenters. The monoisotopic (exact) mass is 716 g/mol. The van der Waals surface area contributed by atoms with Crippen LogP contribution in [0.5, 0.6) is 0 Å². The van der Waals surface area contributed by atoms with E-state index in [2.05, 4.69) is 20.8 Å². The van der Waals surface area contributed by atoms with Crippen molar-refractivity contribution in [1.82, 2.24) is 30.4 Å². The molecule has 0 bridgehead atoms. The van der Waals surface area contributed by atoms with Crippen molar-refractivity contribution in [2.75, 3.05) is 18.1 Å². The second-order valence-electron chi connectivity index (χ2n) is 10.2. The Morgan fingerprint density at radius 3 is 2.06 bits per heavy atom. The summed E-state index contributed by atoms with van der Waals surface area (Å²) in [6, 6.07) is -1.33. The lowest BCUT2D eigenvalue weighted by Crippen LogP contribution is -2.72. The number of hydrogen-bond donors (Lipinski definition) is 2. The maximum absolute atomic E-state index is 13.7. The number of fused-ring (bicyclic) bond motifs is 1. The maximum atomic E-state index is 13.7. The van der Waals surface area contributed by atoms with Gasteiger partial charge in [0.05, 0.1) is 0 Å². The van der Waals surface area contributed by atoms with Gasteiger partial charge in [0.25, 0.3) is 11.8 Å². The van der Waals surface area contributed by atoms with Crippen LogP contribution in [0.1, 0.15) is 34.6 Å². The highest BCUT2D eigenvalue weighted by Gasteiger charge is 2.56. The van der Waals surface area contributed by atoms with E-state index >= 15 is 0 Å². The Balaban J connectivity index is 1.92. The van der Waals surface area contributed by atoms with Gasteiger partial charge in [-0.15, -0.1) is 16.9 Å². The predicted molar refractivity (Wildman–Crippen MR) is 158 cm³/mol. The summed E-state index contributed by atoms with van der Waals surface area (Å²) in [5.41, 5.74) is 0.118. The number of aryl methyl sites for hydroxylation is 1. The number of hydrogen-bond acceptors (Lipinski definition) is 18. The van der Waals surface area contributed by atoms with Crippen LogP contribution in [0.25, 0.3) is 0 Å². The van der Waals surface area contributed by atoms with E-state index in [1.807, 2.05) is 0 Å². The van der Waals surface area contributed by atoms with Crippen LogP contribution >= 0.6 is 23.5 Å². The third kappa shape index (κ3) is 9.42. The van der Waals surface area contributed by atoms with Crippen LogP contribution in [-0.4, -0.2) is 132 Å². The highest BCUT2D eigenvalue weighted by Crippen LogP contribution is 2.41. The first-order valence-electron chi connectivity index (χ1n) is 13.9. The fourth-order valence-electron chi connectivity index (χ4n) is 4.62. The molecule has 22 heteroatoms. The summed E-state index contributed by atoms with van der Waals surface area (Å²) >= 11 is 2.30. The van der Waals surface area contributed by atoms with Crippen molar-refractivity contribution >= 4 is 71.2 Å². The normalized spacial score (nSPS) is 19.4. The Kier molecular flexibility index (Phi) is 12.9. The molecule has 3 heterocycles. The van der Waals surface area contributed by atoms with Gasteiger partial charge < -0.3 is 34.1 Å². The maximum Gasteiger partial charge on any atom is 0.352 e. The van der Waals surface area contributed by atoms with E-state index < -0.39 is 90.1 Å². The smallest absolute Gasteiger partial charge is 0.352 e. The molecule has 0 aromatic carbocycles. The Hall–Kier alpha value is -4.73. The molecule has 0 saturated carbocycles. The van der Waals surface area contributed by atoms with E-state index in [9.17, 15) is 43.5 Å². The number of carboxylic acids is 1. The minimum absolute atomic E-state index is 0.142. The third-order valence-electron chi connectivity index (χ3n) is 6.42. The molecular weight excluding hydrogens is 684 g/mol. The molecule has 2 aliphatic heterocycles. The number of ether oxygens (including phenoxy) is 5. The number of tetrazole rings is 1. The molecule has 2 amide bonds. The number of thioether (sulfide) groups is 2. The van der Waals surface area contributed by atoms with Crippen molar-refractivity contribution in [3.8, 4) is 0 Å². The van der Waals surface area contributed by atoms with E-state index in [-0.39, 0.29) is 17.2 Å². The fourth-order valence-corrected chi connectivity index (χ4v) is 6.96. The van der Waals surface area contributed by atoms with Gasteiger partial charge in [0.1, 0.15) is 23.7 Å². The number of carbonyl (C=O) groups excluding carboxylic acids is 7. The summed E-state index contributed by atoms with van der Waals surface area (Å²) in [5.74, 6) is -8.01. The van der Waals surface area contributed by atoms with E-state index in [4.69, 9.17) is 23.7 Å². The minimum atomic E-state index is -2.12. The van der Waals surface area contributed by atoms with Gasteiger partial charge in [-0.3, -0.25) is 38.5 Å². The molecule has 2 N–H and O–H groups in total.